The number of aromatic nitrogens is 4. The summed E-state index contributed by atoms with van der Waals surface area (Å²) in [6.45, 7) is 6.22. The van der Waals surface area contributed by atoms with Gasteiger partial charge in [0.25, 0.3) is 11.8 Å². The Balaban J connectivity index is 1.76. The summed E-state index contributed by atoms with van der Waals surface area (Å²) < 4.78 is 5.23. The molecule has 3 aromatic heterocycles. The van der Waals surface area contributed by atoms with E-state index in [1.54, 1.807) is 13.1 Å². The largest absolute Gasteiger partial charge is 0.351 e. The van der Waals surface area contributed by atoms with Crippen LogP contribution in [0, 0.1) is 13.8 Å². The van der Waals surface area contributed by atoms with E-state index in [0.717, 1.165) is 33.3 Å². The highest BCUT2D eigenvalue weighted by Crippen LogP contribution is 2.29. The zero-order chi connectivity index (χ0) is 19.0. The van der Waals surface area contributed by atoms with Crippen molar-refractivity contribution in [2.24, 2.45) is 0 Å². The molecule has 1 amide bonds. The van der Waals surface area contributed by atoms with Crippen LogP contribution in [0.2, 0.25) is 0 Å². The fourth-order valence-electron chi connectivity index (χ4n) is 3.03. The average Bonchev–Trinajstić information content (AvgIpc) is 3.27. The van der Waals surface area contributed by atoms with Gasteiger partial charge in [0.05, 0.1) is 0 Å². The maximum absolute atomic E-state index is 12.1. The van der Waals surface area contributed by atoms with Gasteiger partial charge in [0.1, 0.15) is 11.4 Å². The molecule has 0 radical (unpaired) electrons. The molecule has 1 aromatic carbocycles. The molecule has 0 spiro atoms. The number of nitrogens with one attached hydrogen (secondary N) is 2. The number of aryl methyl sites for hydroxylation is 2. The predicted octanol–water partition coefficient (Wildman–Crippen LogP) is 3.65. The van der Waals surface area contributed by atoms with Gasteiger partial charge in [-0.05, 0) is 61.7 Å². The molecule has 0 atom stereocenters. The number of fused-ring (bicyclic) bond motifs is 1. The summed E-state index contributed by atoms with van der Waals surface area (Å²) in [6.07, 6.45) is 1.73. The second-order valence-electron chi connectivity index (χ2n) is 6.38. The van der Waals surface area contributed by atoms with Crippen LogP contribution in [0.5, 0.6) is 0 Å². The van der Waals surface area contributed by atoms with Gasteiger partial charge in [-0.15, -0.1) is 0 Å². The lowest BCUT2D eigenvalue weighted by atomic mass is 10.00. The van der Waals surface area contributed by atoms with Crippen molar-refractivity contribution in [3.05, 3.63) is 53.6 Å². The van der Waals surface area contributed by atoms with Crippen LogP contribution >= 0.6 is 0 Å². The maximum Gasteiger partial charge on any atom is 0.274 e. The van der Waals surface area contributed by atoms with Gasteiger partial charge in [-0.25, -0.2) is 0 Å². The summed E-state index contributed by atoms with van der Waals surface area (Å²) >= 11 is 0. The van der Waals surface area contributed by atoms with Crippen LogP contribution in [0.4, 0.5) is 0 Å². The molecule has 0 aliphatic rings. The molecule has 0 saturated heterocycles. The second kappa shape index (κ2) is 6.68. The Kier molecular flexibility index (Phi) is 4.19. The molecule has 136 valence electrons. The van der Waals surface area contributed by atoms with E-state index in [4.69, 9.17) is 4.52 Å². The number of carbonyl (C=O) groups excluding carboxylic acids is 1. The van der Waals surface area contributed by atoms with E-state index in [1.165, 1.54) is 0 Å². The maximum atomic E-state index is 12.1. The molecular formula is C20H19N5O2. The van der Waals surface area contributed by atoms with Crippen molar-refractivity contribution < 1.29 is 9.32 Å². The van der Waals surface area contributed by atoms with Crippen LogP contribution in [0.15, 0.2) is 41.1 Å². The van der Waals surface area contributed by atoms with Crippen molar-refractivity contribution >= 4 is 16.8 Å². The smallest absolute Gasteiger partial charge is 0.274 e. The number of aromatic amines is 1. The van der Waals surface area contributed by atoms with Gasteiger partial charge in [0.2, 0.25) is 0 Å². The Bertz CT molecular complexity index is 1140. The van der Waals surface area contributed by atoms with Crippen molar-refractivity contribution in [2.45, 2.75) is 20.8 Å². The van der Waals surface area contributed by atoms with Crippen LogP contribution in [0.3, 0.4) is 0 Å². The molecular weight excluding hydrogens is 342 g/mol. The van der Waals surface area contributed by atoms with Crippen molar-refractivity contribution in [3.63, 3.8) is 0 Å². The van der Waals surface area contributed by atoms with Crippen molar-refractivity contribution in [3.8, 4) is 22.7 Å². The fraction of sp³-hybridized carbons (Fsp3) is 0.200. The Morgan fingerprint density at radius 1 is 1.22 bits per heavy atom. The molecule has 0 aliphatic carbocycles. The van der Waals surface area contributed by atoms with E-state index in [9.17, 15) is 4.79 Å². The number of pyridine rings is 1. The number of amides is 1. The third-order valence-corrected chi connectivity index (χ3v) is 4.36. The van der Waals surface area contributed by atoms with E-state index in [2.05, 4.69) is 31.5 Å². The highest BCUT2D eigenvalue weighted by molar-refractivity contribution is 5.94. The highest BCUT2D eigenvalue weighted by atomic mass is 16.5. The molecule has 0 saturated carbocycles. The van der Waals surface area contributed by atoms with Gasteiger partial charge in [-0.3, -0.25) is 9.78 Å². The first-order valence-electron chi connectivity index (χ1n) is 8.74. The molecule has 0 fully saturated rings. The number of benzene rings is 1. The monoisotopic (exact) mass is 361 g/mol. The molecule has 3 heterocycles. The summed E-state index contributed by atoms with van der Waals surface area (Å²) in [7, 11) is 0. The first-order valence-corrected chi connectivity index (χ1v) is 8.74. The fourth-order valence-corrected chi connectivity index (χ4v) is 3.03. The van der Waals surface area contributed by atoms with Gasteiger partial charge in [-0.1, -0.05) is 11.2 Å². The lowest BCUT2D eigenvalue weighted by Crippen LogP contribution is -2.23. The molecule has 0 unspecified atom stereocenters. The molecule has 0 bridgehead atoms. The van der Waals surface area contributed by atoms with Crippen LogP contribution in [0.1, 0.15) is 28.8 Å². The minimum atomic E-state index is -0.171. The molecule has 0 aliphatic heterocycles. The van der Waals surface area contributed by atoms with E-state index in [1.807, 2.05) is 38.1 Å². The zero-order valence-corrected chi connectivity index (χ0v) is 15.3. The van der Waals surface area contributed by atoms with Crippen molar-refractivity contribution in [1.82, 2.24) is 25.4 Å². The summed E-state index contributed by atoms with van der Waals surface area (Å²) in [5.74, 6) is 0.883. The summed E-state index contributed by atoms with van der Waals surface area (Å²) in [5, 5.41) is 7.64. The Morgan fingerprint density at radius 3 is 2.81 bits per heavy atom. The minimum Gasteiger partial charge on any atom is -0.351 e. The topological polar surface area (TPSA) is 96.7 Å². The first-order chi connectivity index (χ1) is 13.0. The number of nitrogens with zero attached hydrogens (tertiary/aromatic N) is 3. The Hall–Kier alpha value is -3.48. The van der Waals surface area contributed by atoms with E-state index < -0.39 is 0 Å². The van der Waals surface area contributed by atoms with Crippen LogP contribution in [0.25, 0.3) is 33.6 Å². The van der Waals surface area contributed by atoms with E-state index in [0.29, 0.717) is 24.0 Å². The number of H-pyrrole nitrogens is 1. The lowest BCUT2D eigenvalue weighted by molar-refractivity contribution is 0.0951. The number of hydrogen-bond donors (Lipinski definition) is 2. The van der Waals surface area contributed by atoms with Gasteiger partial charge < -0.3 is 14.8 Å². The number of hydrogen-bond acceptors (Lipinski definition) is 5. The first kappa shape index (κ1) is 17.0. The summed E-state index contributed by atoms with van der Waals surface area (Å²) in [5.41, 5.74) is 5.15. The Labute approximate surface area is 155 Å². The van der Waals surface area contributed by atoms with E-state index >= 15 is 0 Å². The van der Waals surface area contributed by atoms with E-state index in [-0.39, 0.29) is 5.91 Å². The highest BCUT2D eigenvalue weighted by Gasteiger charge is 2.13. The third-order valence-electron chi connectivity index (χ3n) is 4.36. The normalized spacial score (nSPS) is 11.1. The zero-order valence-electron chi connectivity index (χ0n) is 15.3. The van der Waals surface area contributed by atoms with Gasteiger partial charge in [-0.2, -0.15) is 4.98 Å². The summed E-state index contributed by atoms with van der Waals surface area (Å²) in [4.78, 5) is 23.9. The quantitative estimate of drug-likeness (QED) is 0.578. The van der Waals surface area contributed by atoms with Gasteiger partial charge >= 0.3 is 0 Å². The van der Waals surface area contributed by atoms with Crippen LogP contribution in [-0.4, -0.2) is 32.6 Å². The Morgan fingerprint density at radius 2 is 2.07 bits per heavy atom. The molecule has 4 aromatic rings. The van der Waals surface area contributed by atoms with Crippen LogP contribution in [-0.2, 0) is 0 Å². The number of rotatable bonds is 4. The standard InChI is InChI=1S/C20H19N5O2/c1-4-21-19(26)17-9-15(11(2)10-22-17)13-5-6-16-14(7-13)8-18(24-16)20-23-12(3)25-27-20/h5-10,24H,4H2,1-3H3,(H,21,26). The van der Waals surface area contributed by atoms with Gasteiger partial charge in [0, 0.05) is 23.6 Å². The molecule has 7 nitrogen and oxygen atoms in total. The SMILES string of the molecule is CCNC(=O)c1cc(-c2ccc3[nH]c(-c4nc(C)no4)cc3c2)c(C)cn1. The minimum absolute atomic E-state index is 0.171. The van der Waals surface area contributed by atoms with Gasteiger partial charge in [0.15, 0.2) is 5.82 Å². The lowest BCUT2D eigenvalue weighted by Gasteiger charge is -2.09. The van der Waals surface area contributed by atoms with Crippen molar-refractivity contribution in [1.29, 1.82) is 0 Å². The van der Waals surface area contributed by atoms with Crippen LogP contribution < -0.4 is 5.32 Å². The average molecular weight is 361 g/mol. The van der Waals surface area contributed by atoms with Crippen molar-refractivity contribution in [2.75, 3.05) is 6.54 Å². The third kappa shape index (κ3) is 3.19. The molecule has 2 N–H and O–H groups in total. The molecule has 4 rings (SSSR count). The second-order valence-corrected chi connectivity index (χ2v) is 6.38. The summed E-state index contributed by atoms with van der Waals surface area (Å²) in [6, 6.07) is 9.90. The molecule has 27 heavy (non-hydrogen) atoms. The number of carbonyl (C=O) groups is 1. The molecule has 7 heteroatoms. The predicted molar refractivity (Wildman–Crippen MR) is 102 cm³/mol.